The van der Waals surface area contributed by atoms with Crippen LogP contribution >= 0.6 is 11.3 Å². The molecule has 0 spiro atoms. The van der Waals surface area contributed by atoms with Crippen molar-refractivity contribution in [3.05, 3.63) is 17.0 Å². The van der Waals surface area contributed by atoms with E-state index in [4.69, 9.17) is 5.14 Å². The van der Waals surface area contributed by atoms with Crippen LogP contribution in [0.3, 0.4) is 0 Å². The molecule has 3 N–H and O–H groups in total. The number of nitrogens with two attached hydrogens (primary N) is 1. The number of nitrogens with one attached hydrogen (secondary N) is 1. The van der Waals surface area contributed by atoms with Crippen LogP contribution in [0.5, 0.6) is 0 Å². The van der Waals surface area contributed by atoms with Crippen molar-refractivity contribution in [2.75, 3.05) is 6.54 Å². The Kier molecular flexibility index (Phi) is 3.94. The highest BCUT2D eigenvalue weighted by atomic mass is 32.2. The zero-order valence-corrected chi connectivity index (χ0v) is 9.45. The molecule has 0 saturated heterocycles. The Balaban J connectivity index is 2.75. The summed E-state index contributed by atoms with van der Waals surface area (Å²) in [6, 6.07) is 1.04. The molecule has 0 unspecified atom stereocenters. The molecule has 0 aliphatic carbocycles. The lowest BCUT2D eigenvalue weighted by Gasteiger charge is -2.01. The zero-order valence-electron chi connectivity index (χ0n) is 7.81. The molecule has 0 aliphatic rings. The molecule has 0 bridgehead atoms. The Labute approximate surface area is 94.3 Å². The standard InChI is InChI=1S/C7H8F2N2O3S2/c8-5(9)2-11-7(12)4-1-6(15-3-4)16(10,13)14/h1,3,5H,2H2,(H,11,12)(H2,10,13,14). The average molecular weight is 270 g/mol. The lowest BCUT2D eigenvalue weighted by Crippen LogP contribution is -2.28. The number of carbonyl (C=O) groups excluding carboxylic acids is 1. The van der Waals surface area contributed by atoms with Gasteiger partial charge in [0.2, 0.25) is 10.0 Å². The first kappa shape index (κ1) is 13.0. The number of alkyl halides is 2. The lowest BCUT2D eigenvalue weighted by atomic mass is 10.3. The fraction of sp³-hybridized carbons (Fsp3) is 0.286. The van der Waals surface area contributed by atoms with Crippen LogP contribution in [0.15, 0.2) is 15.7 Å². The first-order valence-corrected chi connectivity index (χ1v) is 6.41. The van der Waals surface area contributed by atoms with E-state index in [2.05, 4.69) is 0 Å². The molecule has 0 saturated carbocycles. The maximum Gasteiger partial charge on any atom is 0.255 e. The molecule has 90 valence electrons. The first-order chi connectivity index (χ1) is 7.30. The van der Waals surface area contributed by atoms with Crippen molar-refractivity contribution in [1.82, 2.24) is 5.32 Å². The van der Waals surface area contributed by atoms with E-state index in [1.54, 1.807) is 0 Å². The van der Waals surface area contributed by atoms with Gasteiger partial charge in [-0.2, -0.15) is 0 Å². The van der Waals surface area contributed by atoms with E-state index < -0.39 is 28.9 Å². The average Bonchev–Trinajstić information content (AvgIpc) is 2.61. The summed E-state index contributed by atoms with van der Waals surface area (Å²) in [5, 5.41) is 8.01. The predicted octanol–water partition coefficient (Wildman–Crippen LogP) is 0.390. The molecule has 1 heterocycles. The van der Waals surface area contributed by atoms with Crippen molar-refractivity contribution in [3.8, 4) is 0 Å². The van der Waals surface area contributed by atoms with Crippen molar-refractivity contribution >= 4 is 27.3 Å². The number of sulfonamides is 1. The van der Waals surface area contributed by atoms with Crippen molar-refractivity contribution < 1.29 is 22.0 Å². The third kappa shape index (κ3) is 3.51. The number of rotatable bonds is 4. The van der Waals surface area contributed by atoms with Crippen LogP contribution in [-0.2, 0) is 10.0 Å². The number of thiophene rings is 1. The van der Waals surface area contributed by atoms with Crippen molar-refractivity contribution in [2.24, 2.45) is 5.14 Å². The van der Waals surface area contributed by atoms with Crippen LogP contribution < -0.4 is 10.5 Å². The van der Waals surface area contributed by atoms with Crippen LogP contribution in [0, 0.1) is 0 Å². The van der Waals surface area contributed by atoms with Gasteiger partial charge < -0.3 is 5.32 Å². The SMILES string of the molecule is NS(=O)(=O)c1cc(C(=O)NCC(F)F)cs1. The Morgan fingerprint density at radius 3 is 2.62 bits per heavy atom. The lowest BCUT2D eigenvalue weighted by molar-refractivity contribution is 0.0892. The number of primary sulfonamides is 1. The number of carbonyl (C=O) groups is 1. The van der Waals surface area contributed by atoms with Crippen molar-refractivity contribution in [2.45, 2.75) is 10.6 Å². The molecular formula is C7H8F2N2O3S2. The summed E-state index contributed by atoms with van der Waals surface area (Å²) >= 11 is 0.758. The first-order valence-electron chi connectivity index (χ1n) is 3.98. The van der Waals surface area contributed by atoms with Crippen LogP contribution in [0.1, 0.15) is 10.4 Å². The minimum atomic E-state index is -3.86. The van der Waals surface area contributed by atoms with Gasteiger partial charge in [-0.05, 0) is 6.07 Å². The third-order valence-corrected chi connectivity index (χ3v) is 3.92. The topological polar surface area (TPSA) is 89.3 Å². The molecular weight excluding hydrogens is 262 g/mol. The van der Waals surface area contributed by atoms with E-state index in [0.29, 0.717) is 0 Å². The molecule has 0 aromatic carbocycles. The minimum absolute atomic E-state index is 0.00493. The van der Waals surface area contributed by atoms with Crippen molar-refractivity contribution in [1.29, 1.82) is 0 Å². The fourth-order valence-electron chi connectivity index (χ4n) is 0.857. The van der Waals surface area contributed by atoms with Gasteiger partial charge in [0.1, 0.15) is 4.21 Å². The number of amides is 1. The highest BCUT2D eigenvalue weighted by Gasteiger charge is 2.15. The molecule has 5 nitrogen and oxygen atoms in total. The van der Waals surface area contributed by atoms with E-state index in [0.717, 1.165) is 17.4 Å². The summed E-state index contributed by atoms with van der Waals surface area (Å²) in [5.74, 6) is -0.758. The van der Waals surface area contributed by atoms with E-state index in [9.17, 15) is 22.0 Å². The van der Waals surface area contributed by atoms with Gasteiger partial charge in [0.15, 0.2) is 0 Å². The summed E-state index contributed by atoms with van der Waals surface area (Å²) in [6.07, 6.45) is -2.65. The van der Waals surface area contributed by atoms with Crippen LogP contribution in [0.2, 0.25) is 0 Å². The van der Waals surface area contributed by atoms with Crippen LogP contribution in [0.4, 0.5) is 8.78 Å². The summed E-state index contributed by atoms with van der Waals surface area (Å²) in [5.41, 5.74) is -0.00493. The maximum absolute atomic E-state index is 11.8. The van der Waals surface area contributed by atoms with E-state index in [-0.39, 0.29) is 9.77 Å². The van der Waals surface area contributed by atoms with Gasteiger partial charge in [-0.3, -0.25) is 4.79 Å². The zero-order chi connectivity index (χ0) is 12.3. The Hall–Kier alpha value is -1.06. The van der Waals surface area contributed by atoms with E-state index in [1.165, 1.54) is 5.38 Å². The molecule has 1 aromatic heterocycles. The van der Waals surface area contributed by atoms with E-state index in [1.807, 2.05) is 5.32 Å². The van der Waals surface area contributed by atoms with Gasteiger partial charge in [-0.25, -0.2) is 22.3 Å². The number of halogens is 2. The molecule has 0 radical (unpaired) electrons. The molecule has 1 rings (SSSR count). The van der Waals surface area contributed by atoms with Gasteiger partial charge >= 0.3 is 0 Å². The Morgan fingerprint density at radius 1 is 1.56 bits per heavy atom. The monoisotopic (exact) mass is 270 g/mol. The summed E-state index contributed by atoms with van der Waals surface area (Å²) in [4.78, 5) is 11.2. The van der Waals surface area contributed by atoms with Crippen molar-refractivity contribution in [3.63, 3.8) is 0 Å². The summed E-state index contributed by atoms with van der Waals surface area (Å²) < 4.78 is 45.1. The minimum Gasteiger partial charge on any atom is -0.346 e. The molecule has 0 aliphatic heterocycles. The van der Waals surface area contributed by atoms with E-state index >= 15 is 0 Å². The second-order valence-corrected chi connectivity index (χ2v) is 5.50. The quantitative estimate of drug-likeness (QED) is 0.829. The highest BCUT2D eigenvalue weighted by molar-refractivity contribution is 7.91. The molecule has 1 aromatic rings. The summed E-state index contributed by atoms with van der Waals surface area (Å²) in [6.45, 7) is -0.778. The van der Waals surface area contributed by atoms with Gasteiger partial charge in [0, 0.05) is 5.38 Å². The largest absolute Gasteiger partial charge is 0.346 e. The number of hydrogen-bond donors (Lipinski definition) is 2. The van der Waals surface area contributed by atoms with Crippen LogP contribution in [0.25, 0.3) is 0 Å². The van der Waals surface area contributed by atoms with Gasteiger partial charge in [0.05, 0.1) is 12.1 Å². The fourth-order valence-corrected chi connectivity index (χ4v) is 2.44. The molecule has 0 atom stereocenters. The molecule has 0 fully saturated rings. The normalized spacial score (nSPS) is 11.8. The second kappa shape index (κ2) is 4.85. The molecule has 1 amide bonds. The Morgan fingerprint density at radius 2 is 2.19 bits per heavy atom. The summed E-state index contributed by atoms with van der Waals surface area (Å²) in [7, 11) is -3.86. The number of hydrogen-bond acceptors (Lipinski definition) is 4. The van der Waals surface area contributed by atoms with Gasteiger partial charge in [-0.15, -0.1) is 11.3 Å². The third-order valence-electron chi connectivity index (χ3n) is 1.53. The Bertz CT molecular complexity index is 484. The molecule has 16 heavy (non-hydrogen) atoms. The second-order valence-electron chi connectivity index (χ2n) is 2.80. The predicted molar refractivity (Wildman–Crippen MR) is 54.0 cm³/mol. The maximum atomic E-state index is 11.8. The highest BCUT2D eigenvalue weighted by Crippen LogP contribution is 2.18. The van der Waals surface area contributed by atoms with Gasteiger partial charge in [0.25, 0.3) is 12.3 Å². The molecule has 9 heteroatoms. The smallest absolute Gasteiger partial charge is 0.255 e. The van der Waals surface area contributed by atoms with Gasteiger partial charge in [-0.1, -0.05) is 0 Å². The van der Waals surface area contributed by atoms with Crippen LogP contribution in [-0.4, -0.2) is 27.3 Å².